The zero-order valence-corrected chi connectivity index (χ0v) is 12.8. The summed E-state index contributed by atoms with van der Waals surface area (Å²) >= 11 is 1.56. The monoisotopic (exact) mass is 297 g/mol. The second-order valence-electron chi connectivity index (χ2n) is 5.24. The summed E-state index contributed by atoms with van der Waals surface area (Å²) in [6, 6.07) is 0.457. The van der Waals surface area contributed by atoms with Gasteiger partial charge in [0.1, 0.15) is 5.01 Å². The number of aromatic nitrogens is 2. The van der Waals surface area contributed by atoms with Gasteiger partial charge in [0.05, 0.1) is 13.1 Å². The third-order valence-electron chi connectivity index (χ3n) is 3.53. The Labute approximate surface area is 123 Å². The summed E-state index contributed by atoms with van der Waals surface area (Å²) in [7, 11) is 0. The highest BCUT2D eigenvalue weighted by Crippen LogP contribution is 2.26. The van der Waals surface area contributed by atoms with Crippen molar-refractivity contribution in [1.29, 1.82) is 0 Å². The Balaban J connectivity index is 1.95. The molecular formula is C13H23N5OS. The number of nitrogens with one attached hydrogen (secondary N) is 1. The lowest BCUT2D eigenvalue weighted by molar-refractivity contribution is -0.119. The maximum atomic E-state index is 11.2. The van der Waals surface area contributed by atoms with Gasteiger partial charge in [-0.15, -0.1) is 10.2 Å². The van der Waals surface area contributed by atoms with Gasteiger partial charge in [-0.25, -0.2) is 0 Å². The van der Waals surface area contributed by atoms with Crippen LogP contribution in [0.5, 0.6) is 0 Å². The molecule has 1 fully saturated rings. The molecule has 0 spiro atoms. The molecule has 112 valence electrons. The van der Waals surface area contributed by atoms with Crippen molar-refractivity contribution in [3.63, 3.8) is 0 Å². The van der Waals surface area contributed by atoms with Crippen LogP contribution < -0.4 is 11.1 Å². The van der Waals surface area contributed by atoms with Crippen molar-refractivity contribution in [2.45, 2.75) is 51.6 Å². The SMILES string of the molecule is CCCNc1nnc(CN(CC(N)=O)C2CCCC2)s1. The Morgan fingerprint density at radius 3 is 2.85 bits per heavy atom. The number of carbonyl (C=O) groups excluding carboxylic acids is 1. The van der Waals surface area contributed by atoms with Crippen molar-refractivity contribution in [1.82, 2.24) is 15.1 Å². The first-order valence-electron chi connectivity index (χ1n) is 7.27. The lowest BCUT2D eigenvalue weighted by Gasteiger charge is -2.26. The van der Waals surface area contributed by atoms with Gasteiger partial charge in [-0.05, 0) is 19.3 Å². The van der Waals surface area contributed by atoms with Crippen LogP contribution in [0.2, 0.25) is 0 Å². The molecule has 0 bridgehead atoms. The Bertz CT molecular complexity index is 430. The topological polar surface area (TPSA) is 84.1 Å². The third kappa shape index (κ3) is 4.42. The minimum Gasteiger partial charge on any atom is -0.369 e. The third-order valence-corrected chi connectivity index (χ3v) is 4.40. The van der Waals surface area contributed by atoms with Crippen LogP contribution in [0.15, 0.2) is 0 Å². The molecule has 1 aliphatic rings. The Hall–Kier alpha value is -1.21. The quantitative estimate of drug-likeness (QED) is 0.761. The van der Waals surface area contributed by atoms with Gasteiger partial charge in [0.25, 0.3) is 0 Å². The average molecular weight is 297 g/mol. The number of hydrogen-bond donors (Lipinski definition) is 2. The largest absolute Gasteiger partial charge is 0.369 e. The van der Waals surface area contributed by atoms with E-state index in [-0.39, 0.29) is 5.91 Å². The molecule has 20 heavy (non-hydrogen) atoms. The van der Waals surface area contributed by atoms with E-state index in [1.807, 2.05) is 0 Å². The smallest absolute Gasteiger partial charge is 0.231 e. The molecule has 2 rings (SSSR count). The van der Waals surface area contributed by atoms with E-state index in [4.69, 9.17) is 5.73 Å². The van der Waals surface area contributed by atoms with Crippen molar-refractivity contribution < 1.29 is 4.79 Å². The first-order valence-corrected chi connectivity index (χ1v) is 8.09. The molecule has 7 heteroatoms. The van der Waals surface area contributed by atoms with Gasteiger partial charge in [0.2, 0.25) is 11.0 Å². The molecule has 1 amide bonds. The molecule has 0 unspecified atom stereocenters. The van der Waals surface area contributed by atoms with E-state index in [2.05, 4.69) is 27.3 Å². The predicted octanol–water partition coefficient (Wildman–Crippen LogP) is 1.59. The molecule has 1 aromatic rings. The lowest BCUT2D eigenvalue weighted by atomic mass is 10.2. The molecule has 0 aromatic carbocycles. The van der Waals surface area contributed by atoms with Crippen LogP contribution >= 0.6 is 11.3 Å². The van der Waals surface area contributed by atoms with E-state index >= 15 is 0 Å². The Morgan fingerprint density at radius 1 is 1.45 bits per heavy atom. The van der Waals surface area contributed by atoms with E-state index in [1.165, 1.54) is 12.8 Å². The predicted molar refractivity (Wildman–Crippen MR) is 80.6 cm³/mol. The Kier molecular flexibility index (Phi) is 5.72. The van der Waals surface area contributed by atoms with Crippen molar-refractivity contribution in [3.8, 4) is 0 Å². The number of primary amides is 1. The number of nitrogens with zero attached hydrogens (tertiary/aromatic N) is 3. The summed E-state index contributed by atoms with van der Waals surface area (Å²) in [4.78, 5) is 13.4. The summed E-state index contributed by atoms with van der Waals surface area (Å²) in [5.74, 6) is -0.272. The highest BCUT2D eigenvalue weighted by Gasteiger charge is 2.24. The van der Waals surface area contributed by atoms with Crippen LogP contribution in [0, 0.1) is 0 Å². The highest BCUT2D eigenvalue weighted by atomic mass is 32.1. The molecule has 1 heterocycles. The minimum absolute atomic E-state index is 0.272. The molecule has 6 nitrogen and oxygen atoms in total. The van der Waals surface area contributed by atoms with Gasteiger partial charge in [-0.3, -0.25) is 9.69 Å². The van der Waals surface area contributed by atoms with Crippen LogP contribution in [-0.2, 0) is 11.3 Å². The highest BCUT2D eigenvalue weighted by molar-refractivity contribution is 7.15. The zero-order valence-electron chi connectivity index (χ0n) is 12.0. The number of hydrogen-bond acceptors (Lipinski definition) is 6. The van der Waals surface area contributed by atoms with Crippen molar-refractivity contribution in [3.05, 3.63) is 5.01 Å². The lowest BCUT2D eigenvalue weighted by Crippen LogP contribution is -2.39. The average Bonchev–Trinajstić information content (AvgIpc) is 3.06. The molecule has 0 saturated heterocycles. The maximum absolute atomic E-state index is 11.2. The molecule has 0 aliphatic heterocycles. The van der Waals surface area contributed by atoms with E-state index in [0.717, 1.165) is 35.9 Å². The number of nitrogens with two attached hydrogens (primary N) is 1. The van der Waals surface area contributed by atoms with Gasteiger partial charge in [0.15, 0.2) is 0 Å². The van der Waals surface area contributed by atoms with Crippen LogP contribution in [0.25, 0.3) is 0 Å². The van der Waals surface area contributed by atoms with Crippen molar-refractivity contribution in [2.75, 3.05) is 18.4 Å². The summed E-state index contributed by atoms with van der Waals surface area (Å²) in [5.41, 5.74) is 5.36. The molecular weight excluding hydrogens is 274 g/mol. The maximum Gasteiger partial charge on any atom is 0.231 e. The van der Waals surface area contributed by atoms with Gasteiger partial charge in [-0.2, -0.15) is 0 Å². The summed E-state index contributed by atoms with van der Waals surface area (Å²) in [6.45, 7) is 3.99. The molecule has 0 radical (unpaired) electrons. The number of rotatable bonds is 8. The molecule has 0 atom stereocenters. The van der Waals surface area contributed by atoms with Gasteiger partial charge in [-0.1, -0.05) is 31.1 Å². The van der Waals surface area contributed by atoms with Crippen LogP contribution in [0.3, 0.4) is 0 Å². The van der Waals surface area contributed by atoms with E-state index in [9.17, 15) is 4.79 Å². The first-order chi connectivity index (χ1) is 9.69. The zero-order chi connectivity index (χ0) is 14.4. The van der Waals surface area contributed by atoms with E-state index in [0.29, 0.717) is 19.1 Å². The fourth-order valence-corrected chi connectivity index (χ4v) is 3.37. The van der Waals surface area contributed by atoms with Gasteiger partial charge >= 0.3 is 0 Å². The normalized spacial score (nSPS) is 15.9. The number of amides is 1. The van der Waals surface area contributed by atoms with Crippen LogP contribution in [0.1, 0.15) is 44.0 Å². The van der Waals surface area contributed by atoms with Crippen molar-refractivity contribution >= 4 is 22.4 Å². The minimum atomic E-state index is -0.272. The Morgan fingerprint density at radius 2 is 2.20 bits per heavy atom. The van der Waals surface area contributed by atoms with E-state index in [1.54, 1.807) is 11.3 Å². The second-order valence-corrected chi connectivity index (χ2v) is 6.30. The van der Waals surface area contributed by atoms with Crippen LogP contribution in [0.4, 0.5) is 5.13 Å². The summed E-state index contributed by atoms with van der Waals surface area (Å²) in [6.07, 6.45) is 5.82. The van der Waals surface area contributed by atoms with Crippen LogP contribution in [-0.4, -0.2) is 40.1 Å². The van der Waals surface area contributed by atoms with E-state index < -0.39 is 0 Å². The summed E-state index contributed by atoms with van der Waals surface area (Å²) < 4.78 is 0. The molecule has 3 N–H and O–H groups in total. The first kappa shape index (κ1) is 15.2. The second kappa shape index (κ2) is 7.54. The fourth-order valence-electron chi connectivity index (χ4n) is 2.58. The molecule has 1 aromatic heterocycles. The van der Waals surface area contributed by atoms with Gasteiger partial charge < -0.3 is 11.1 Å². The summed E-state index contributed by atoms with van der Waals surface area (Å²) in [5, 5.41) is 13.4. The molecule has 1 aliphatic carbocycles. The molecule has 1 saturated carbocycles. The van der Waals surface area contributed by atoms with Gasteiger partial charge in [0, 0.05) is 12.6 Å². The van der Waals surface area contributed by atoms with Crippen molar-refractivity contribution in [2.24, 2.45) is 5.73 Å². The standard InChI is InChI=1S/C13H23N5OS/c1-2-7-15-13-17-16-12(20-13)9-18(8-11(14)19)10-5-3-4-6-10/h10H,2-9H2,1H3,(H2,14,19)(H,15,17). The number of anilines is 1. The number of carbonyl (C=O) groups is 1. The fraction of sp³-hybridized carbons (Fsp3) is 0.769.